The molecule has 0 amide bonds. The van der Waals surface area contributed by atoms with Crippen LogP contribution in [-0.2, 0) is 32.7 Å². The second-order valence-corrected chi connectivity index (χ2v) is 13.5. The number of hydrogen-bond donors (Lipinski definition) is 2. The zero-order chi connectivity index (χ0) is 34.7. The molecule has 47 heavy (non-hydrogen) atoms. The minimum atomic E-state index is -4.37. The summed E-state index contributed by atoms with van der Waals surface area (Å²) in [5, 5.41) is 0. The molecule has 0 fully saturated rings. The fourth-order valence-electron chi connectivity index (χ4n) is 4.82. The van der Waals surface area contributed by atoms with Crippen molar-refractivity contribution in [2.75, 3.05) is 26.4 Å². The van der Waals surface area contributed by atoms with Gasteiger partial charge in [0.1, 0.15) is 6.61 Å². The van der Waals surface area contributed by atoms with Gasteiger partial charge in [0.25, 0.3) is 0 Å². The zero-order valence-corrected chi connectivity index (χ0v) is 30.7. The number of hydrogen-bond acceptors (Lipinski definition) is 8. The summed E-state index contributed by atoms with van der Waals surface area (Å²) in [6.07, 6.45) is 34.6. The molecule has 0 aromatic heterocycles. The quantitative estimate of drug-likeness (QED) is 0.0294. The lowest BCUT2D eigenvalue weighted by molar-refractivity contribution is -0.161. The number of esters is 2. The number of unbranched alkanes of at least 4 members (excludes halogenated alkanes) is 15. The lowest BCUT2D eigenvalue weighted by atomic mass is 10.1. The van der Waals surface area contributed by atoms with E-state index < -0.39 is 26.5 Å². The Morgan fingerprint density at radius 2 is 1.17 bits per heavy atom. The van der Waals surface area contributed by atoms with Gasteiger partial charge in [-0.2, -0.15) is 0 Å². The summed E-state index contributed by atoms with van der Waals surface area (Å²) in [5.41, 5.74) is 5.32. The van der Waals surface area contributed by atoms with Crippen molar-refractivity contribution in [2.45, 2.75) is 161 Å². The third-order valence-electron chi connectivity index (χ3n) is 7.54. The van der Waals surface area contributed by atoms with Crippen molar-refractivity contribution in [3.63, 3.8) is 0 Å². The van der Waals surface area contributed by atoms with Crippen LogP contribution in [-0.4, -0.2) is 49.3 Å². The Morgan fingerprint density at radius 1 is 0.660 bits per heavy atom. The smallest absolute Gasteiger partial charge is 0.462 e. The number of ether oxygens (including phenoxy) is 2. The molecule has 0 aliphatic carbocycles. The van der Waals surface area contributed by atoms with Gasteiger partial charge in [-0.25, -0.2) is 4.57 Å². The van der Waals surface area contributed by atoms with E-state index >= 15 is 0 Å². The highest BCUT2D eigenvalue weighted by Crippen LogP contribution is 2.43. The topological polar surface area (TPSA) is 134 Å². The first-order valence-electron chi connectivity index (χ1n) is 18.5. The summed E-state index contributed by atoms with van der Waals surface area (Å²) in [5.74, 6) is -0.850. The summed E-state index contributed by atoms with van der Waals surface area (Å²) in [6, 6.07) is 0. The summed E-state index contributed by atoms with van der Waals surface area (Å²) >= 11 is 0. The number of allylic oxidation sites excluding steroid dienone is 6. The Labute approximate surface area is 286 Å². The van der Waals surface area contributed by atoms with Gasteiger partial charge in [-0.3, -0.25) is 18.6 Å². The van der Waals surface area contributed by atoms with Gasteiger partial charge in [-0.15, -0.1) is 0 Å². The predicted molar refractivity (Wildman–Crippen MR) is 192 cm³/mol. The Kier molecular flexibility index (Phi) is 32.8. The molecule has 0 saturated heterocycles. The molecular formula is C37H68NO8P. The molecule has 0 aromatic carbocycles. The van der Waals surface area contributed by atoms with Crippen molar-refractivity contribution in [2.24, 2.45) is 5.73 Å². The number of nitrogens with two attached hydrogens (primary N) is 1. The Balaban J connectivity index is 4.27. The maximum Gasteiger partial charge on any atom is 0.472 e. The van der Waals surface area contributed by atoms with Gasteiger partial charge >= 0.3 is 19.8 Å². The van der Waals surface area contributed by atoms with E-state index in [4.69, 9.17) is 24.3 Å². The SMILES string of the molecule is CC/C=C\C/C=C\C/C=C\CCCCCCCC(=O)O[C@H](COC(=O)CCCCCCCCCCCCC)COP(=O)(O)OCCN. The van der Waals surface area contributed by atoms with E-state index in [2.05, 4.69) is 50.3 Å². The minimum Gasteiger partial charge on any atom is -0.462 e. The highest BCUT2D eigenvalue weighted by atomic mass is 31.2. The third kappa shape index (κ3) is 33.9. The molecule has 0 bridgehead atoms. The largest absolute Gasteiger partial charge is 0.472 e. The monoisotopic (exact) mass is 685 g/mol. The summed E-state index contributed by atoms with van der Waals surface area (Å²) in [4.78, 5) is 34.6. The maximum absolute atomic E-state index is 12.5. The van der Waals surface area contributed by atoms with E-state index in [9.17, 15) is 19.0 Å². The highest BCUT2D eigenvalue weighted by Gasteiger charge is 2.25. The molecule has 3 N–H and O–H groups in total. The Hall–Kier alpha value is -1.77. The van der Waals surface area contributed by atoms with E-state index in [0.717, 1.165) is 70.6 Å². The standard InChI is InChI=1S/C37H68NO8P/c1-3-5-7-9-11-13-15-16-17-18-20-22-24-26-28-30-37(40)46-35(34-45-47(41,42)44-32-31-38)33-43-36(39)29-27-25-23-21-19-14-12-10-8-6-4-2/h5,7,11,13,16-17,35H,3-4,6,8-10,12,14-15,18-34,38H2,1-2H3,(H,41,42)/b7-5-,13-11-,17-16-/t35-/m1/s1. The number of carbonyl (C=O) groups is 2. The van der Waals surface area contributed by atoms with Crippen molar-refractivity contribution < 1.29 is 37.6 Å². The second-order valence-electron chi connectivity index (χ2n) is 12.1. The fraction of sp³-hybridized carbons (Fsp3) is 0.784. The molecule has 0 radical (unpaired) electrons. The van der Waals surface area contributed by atoms with E-state index in [-0.39, 0.29) is 38.6 Å². The van der Waals surface area contributed by atoms with Crippen LogP contribution < -0.4 is 5.73 Å². The molecule has 0 rings (SSSR count). The van der Waals surface area contributed by atoms with Gasteiger partial charge in [-0.05, 0) is 44.9 Å². The Morgan fingerprint density at radius 3 is 1.74 bits per heavy atom. The minimum absolute atomic E-state index is 0.0503. The first-order chi connectivity index (χ1) is 22.8. The van der Waals surface area contributed by atoms with Crippen molar-refractivity contribution in [3.05, 3.63) is 36.5 Å². The third-order valence-corrected chi connectivity index (χ3v) is 8.52. The summed E-state index contributed by atoms with van der Waals surface area (Å²) in [6.45, 7) is 3.57. The molecule has 0 heterocycles. The van der Waals surface area contributed by atoms with Gasteiger partial charge in [0.05, 0.1) is 13.2 Å². The number of phosphoric acid groups is 1. The molecule has 274 valence electrons. The number of carbonyl (C=O) groups excluding carboxylic acids is 2. The molecular weight excluding hydrogens is 617 g/mol. The average molecular weight is 686 g/mol. The van der Waals surface area contributed by atoms with Crippen LogP contribution in [0.15, 0.2) is 36.5 Å². The molecule has 2 atom stereocenters. The number of phosphoric ester groups is 1. The van der Waals surface area contributed by atoms with Crippen LogP contribution in [0.1, 0.15) is 155 Å². The van der Waals surface area contributed by atoms with Gasteiger partial charge in [0.15, 0.2) is 6.10 Å². The lowest BCUT2D eigenvalue weighted by Crippen LogP contribution is -2.29. The van der Waals surface area contributed by atoms with E-state index in [1.165, 1.54) is 51.4 Å². The second kappa shape index (κ2) is 34.1. The summed E-state index contributed by atoms with van der Waals surface area (Å²) in [7, 11) is -4.37. The Bertz CT molecular complexity index is 876. The number of rotatable bonds is 34. The molecule has 0 aliphatic heterocycles. The molecule has 0 saturated carbocycles. The van der Waals surface area contributed by atoms with Crippen LogP contribution in [0.5, 0.6) is 0 Å². The van der Waals surface area contributed by atoms with Gasteiger partial charge in [-0.1, -0.05) is 134 Å². The first-order valence-corrected chi connectivity index (χ1v) is 20.0. The first kappa shape index (κ1) is 45.2. The summed E-state index contributed by atoms with van der Waals surface area (Å²) < 4.78 is 32.6. The molecule has 1 unspecified atom stereocenters. The normalized spacial score (nSPS) is 13.9. The molecule has 0 aliphatic rings. The van der Waals surface area contributed by atoms with Gasteiger partial charge < -0.3 is 20.1 Å². The molecule has 9 nitrogen and oxygen atoms in total. The van der Waals surface area contributed by atoms with E-state index in [1.54, 1.807) is 0 Å². The van der Waals surface area contributed by atoms with Gasteiger partial charge in [0, 0.05) is 19.4 Å². The highest BCUT2D eigenvalue weighted by molar-refractivity contribution is 7.47. The van der Waals surface area contributed by atoms with Crippen LogP contribution in [0.2, 0.25) is 0 Å². The molecule has 0 spiro atoms. The maximum atomic E-state index is 12.5. The predicted octanol–water partition coefficient (Wildman–Crippen LogP) is 9.82. The van der Waals surface area contributed by atoms with Crippen LogP contribution in [0.4, 0.5) is 0 Å². The van der Waals surface area contributed by atoms with E-state index in [1.807, 2.05) is 0 Å². The van der Waals surface area contributed by atoms with Crippen molar-refractivity contribution in [1.29, 1.82) is 0 Å². The van der Waals surface area contributed by atoms with Crippen molar-refractivity contribution in [3.8, 4) is 0 Å². The van der Waals surface area contributed by atoms with E-state index in [0.29, 0.717) is 6.42 Å². The van der Waals surface area contributed by atoms with Crippen LogP contribution in [0.25, 0.3) is 0 Å². The van der Waals surface area contributed by atoms with Gasteiger partial charge in [0.2, 0.25) is 0 Å². The molecule has 10 heteroatoms. The molecule has 0 aromatic rings. The van der Waals surface area contributed by atoms with Crippen LogP contribution >= 0.6 is 7.82 Å². The van der Waals surface area contributed by atoms with Crippen molar-refractivity contribution >= 4 is 19.8 Å². The van der Waals surface area contributed by atoms with Crippen LogP contribution in [0, 0.1) is 0 Å². The lowest BCUT2D eigenvalue weighted by Gasteiger charge is -2.19. The zero-order valence-electron chi connectivity index (χ0n) is 29.8. The average Bonchev–Trinajstić information content (AvgIpc) is 3.05. The van der Waals surface area contributed by atoms with Crippen molar-refractivity contribution in [1.82, 2.24) is 0 Å². The van der Waals surface area contributed by atoms with Crippen LogP contribution in [0.3, 0.4) is 0 Å². The fourth-order valence-corrected chi connectivity index (χ4v) is 5.59.